The molecule has 6 saturated carbocycles. The van der Waals surface area contributed by atoms with Crippen LogP contribution in [0.2, 0.25) is 0 Å². The molecular weight excluding hydrogens is 857 g/mol. The lowest BCUT2D eigenvalue weighted by Gasteiger charge is -2.60. The predicted molar refractivity (Wildman–Crippen MR) is 252 cm³/mol. The van der Waals surface area contributed by atoms with Crippen molar-refractivity contribution in [3.8, 4) is 0 Å². The zero-order valence-electron chi connectivity index (χ0n) is 42.2. The third kappa shape index (κ3) is 8.63. The van der Waals surface area contributed by atoms with Gasteiger partial charge >= 0.3 is 0 Å². The molecule has 6 fully saturated rings. The van der Waals surface area contributed by atoms with Gasteiger partial charge in [0.05, 0.1) is 64.6 Å². The molecule has 20 atom stereocenters. The van der Waals surface area contributed by atoms with Gasteiger partial charge in [-0.25, -0.2) is 0 Å². The molecule has 0 aromatic heterocycles. The number of hydrogen-bond donors (Lipinski definition) is 11. The summed E-state index contributed by atoms with van der Waals surface area (Å²) in [6.07, 6.45) is 6.17. The van der Waals surface area contributed by atoms with E-state index in [9.17, 15) is 65.8 Å². The summed E-state index contributed by atoms with van der Waals surface area (Å²) in [5.74, 6) is -1.21. The Kier molecular flexibility index (Phi) is 13.9. The second kappa shape index (κ2) is 17.6. The van der Waals surface area contributed by atoms with Crippen LogP contribution in [0.4, 0.5) is 0 Å². The molecule has 0 heterocycles. The van der Waals surface area contributed by atoms with Gasteiger partial charge in [-0.3, -0.25) is 9.59 Å². The molecule has 0 aromatic carbocycles. The molecule has 13 nitrogen and oxygen atoms in total. The summed E-state index contributed by atoms with van der Waals surface area (Å²) in [5, 5.41) is 119. The highest BCUT2D eigenvalue weighted by Gasteiger charge is 2.70. The summed E-state index contributed by atoms with van der Waals surface area (Å²) in [6, 6.07) is 0. The summed E-state index contributed by atoms with van der Waals surface area (Å²) < 4.78 is 0. The van der Waals surface area contributed by atoms with Crippen molar-refractivity contribution < 1.29 is 65.8 Å². The Morgan fingerprint density at radius 3 is 1.48 bits per heavy atom. The number of fused-ring (bicyclic) bond motifs is 10. The molecule has 8 aliphatic carbocycles. The Labute approximate surface area is 399 Å². The fraction of sp³-hybridized carbons (Fsp3) is 0.889. The number of rotatable bonds is 10. The summed E-state index contributed by atoms with van der Waals surface area (Å²) in [5.41, 5.74) is -6.28. The van der Waals surface area contributed by atoms with Gasteiger partial charge in [-0.05, 0) is 201 Å². The topological polar surface area (TPSA) is 257 Å². The van der Waals surface area contributed by atoms with Crippen LogP contribution < -0.4 is 0 Å². The van der Waals surface area contributed by atoms with E-state index in [-0.39, 0.29) is 72.3 Å². The smallest absolute Gasteiger partial charge is 0.159 e. The van der Waals surface area contributed by atoms with Gasteiger partial charge in [-0.2, -0.15) is 0 Å². The average Bonchev–Trinajstić information content (AvgIpc) is 3.67. The highest BCUT2D eigenvalue weighted by atomic mass is 16.3. The Balaban J connectivity index is 0.000000199. The third-order valence-corrected chi connectivity index (χ3v) is 21.0. The number of aliphatic hydroxyl groups excluding tert-OH is 6. The maximum atomic E-state index is 13.2. The molecule has 0 aromatic rings. The molecule has 0 amide bonds. The van der Waals surface area contributed by atoms with Crippen molar-refractivity contribution in [2.24, 2.45) is 63.1 Å². The first-order valence-corrected chi connectivity index (χ1v) is 25.8. The van der Waals surface area contributed by atoms with Crippen LogP contribution in [0.3, 0.4) is 0 Å². The van der Waals surface area contributed by atoms with Gasteiger partial charge in [0.25, 0.3) is 0 Å². The van der Waals surface area contributed by atoms with Gasteiger partial charge in [-0.1, -0.05) is 34.6 Å². The van der Waals surface area contributed by atoms with Crippen molar-refractivity contribution in [3.63, 3.8) is 0 Å². The third-order valence-electron chi connectivity index (χ3n) is 21.0. The maximum Gasteiger partial charge on any atom is 0.159 e. The molecule has 0 unspecified atom stereocenters. The van der Waals surface area contributed by atoms with E-state index >= 15 is 0 Å². The van der Waals surface area contributed by atoms with Gasteiger partial charge in [0.15, 0.2) is 11.6 Å². The first-order chi connectivity index (χ1) is 30.6. The Morgan fingerprint density at radius 1 is 0.597 bits per heavy atom. The maximum absolute atomic E-state index is 13.2. The Morgan fingerprint density at radius 2 is 1.01 bits per heavy atom. The monoisotopic (exact) mass is 945 g/mol. The first kappa shape index (κ1) is 53.2. The minimum absolute atomic E-state index is 0.00888. The summed E-state index contributed by atoms with van der Waals surface area (Å²) in [7, 11) is 0. The normalized spacial score (nSPS) is 47.2. The SMILES string of the molecule is CC(C)(O)CC[C@@H](O)[C@](C)(O)[C@H]1CC[C@@]2(O)C3=CC(=O)[C@H]4C[C@@H](O)[C@@H](O)C[C@]4(C)[C@H]3CC[C@]12C.C[C@H]([C@H](O)CCC(C)(C)O)[C@H]1CC[C@@]2(O)C3=CC(=O)[C@@H]4C[C@@H](O)[C@@H](O)C[C@]4(C)[C@H]3CC[C@]12C. The highest BCUT2D eigenvalue weighted by Crippen LogP contribution is 2.70. The van der Waals surface area contributed by atoms with Gasteiger partial charge in [0.1, 0.15) is 0 Å². The second-order valence-electron chi connectivity index (χ2n) is 26.1. The zero-order valence-corrected chi connectivity index (χ0v) is 42.2. The van der Waals surface area contributed by atoms with E-state index in [1.807, 2.05) is 13.8 Å². The van der Waals surface area contributed by atoms with Crippen LogP contribution in [-0.2, 0) is 9.59 Å². The first-order valence-electron chi connectivity index (χ1n) is 25.8. The lowest BCUT2D eigenvalue weighted by molar-refractivity contribution is -0.177. The van der Waals surface area contributed by atoms with Crippen LogP contribution in [0.25, 0.3) is 0 Å². The van der Waals surface area contributed by atoms with Crippen LogP contribution in [0.1, 0.15) is 172 Å². The Bertz CT molecular complexity index is 1950. The average molecular weight is 945 g/mol. The molecule has 8 rings (SSSR count). The molecule has 67 heavy (non-hydrogen) atoms. The largest absolute Gasteiger partial charge is 0.393 e. The molecule has 13 heteroatoms. The van der Waals surface area contributed by atoms with Crippen molar-refractivity contribution in [2.75, 3.05) is 0 Å². The van der Waals surface area contributed by atoms with Gasteiger partial charge in [0, 0.05) is 22.7 Å². The lowest BCUT2D eigenvalue weighted by Crippen LogP contribution is -2.62. The van der Waals surface area contributed by atoms with E-state index in [0.29, 0.717) is 69.8 Å². The second-order valence-corrected chi connectivity index (χ2v) is 26.1. The van der Waals surface area contributed by atoms with Crippen molar-refractivity contribution in [2.45, 2.75) is 237 Å². The van der Waals surface area contributed by atoms with Crippen LogP contribution in [0.5, 0.6) is 0 Å². The van der Waals surface area contributed by atoms with Crippen molar-refractivity contribution in [1.82, 2.24) is 0 Å². The number of aliphatic hydroxyl groups is 11. The van der Waals surface area contributed by atoms with Crippen LogP contribution in [0.15, 0.2) is 23.3 Å². The highest BCUT2D eigenvalue weighted by molar-refractivity contribution is 5.95. The van der Waals surface area contributed by atoms with E-state index in [0.717, 1.165) is 24.8 Å². The van der Waals surface area contributed by atoms with E-state index in [4.69, 9.17) is 0 Å². The fourth-order valence-corrected chi connectivity index (χ4v) is 16.6. The van der Waals surface area contributed by atoms with Crippen LogP contribution in [-0.4, -0.2) is 132 Å². The number of allylic oxidation sites excluding steroid dienone is 2. The van der Waals surface area contributed by atoms with E-state index < -0.39 is 86.3 Å². The standard InChI is InChI=1S/C27H44O7.C27H44O6/c1-23(2,32)9-8-22(31)26(5,33)21-7-11-27(34)16-12-18(28)17-13-19(29)20(30)14-24(17,3)15(16)6-10-25(21,27)4;1-15(20(28)8-9-24(2,3)32)16-7-11-27(33)18-12-21(29)19-13-22(30)23(31)14-25(19,4)17(18)6-10-26(16,27)5/h12,15,17,19-22,29-34H,6-11,13-14H2,1-5H3;12,15-17,19-20,22-23,28,30-33H,6-11,13-14H2,1-5H3/t15-,17+,19+,20-,21-,22+,24+,25+,26+,27+;15-,16+,17-,19-,20+,22+,23-,25+,26+,27+/m00/s1. The zero-order chi connectivity index (χ0) is 50.0. The molecule has 0 spiro atoms. The van der Waals surface area contributed by atoms with E-state index in [2.05, 4.69) is 20.8 Å². The molecule has 0 bridgehead atoms. The minimum atomic E-state index is -1.46. The van der Waals surface area contributed by atoms with Crippen molar-refractivity contribution >= 4 is 11.6 Å². The quantitative estimate of drug-likeness (QED) is 0.144. The number of carbonyl (C=O) groups excluding carboxylic acids is 2. The van der Waals surface area contributed by atoms with E-state index in [1.165, 1.54) is 0 Å². The predicted octanol–water partition coefficient (Wildman–Crippen LogP) is 4.59. The van der Waals surface area contributed by atoms with Gasteiger partial charge in [0.2, 0.25) is 0 Å². The van der Waals surface area contributed by atoms with Crippen molar-refractivity contribution in [1.29, 1.82) is 0 Å². The molecule has 8 aliphatic rings. The number of carbonyl (C=O) groups is 2. The molecule has 382 valence electrons. The summed E-state index contributed by atoms with van der Waals surface area (Å²) in [4.78, 5) is 26.5. The van der Waals surface area contributed by atoms with E-state index in [1.54, 1.807) is 46.8 Å². The molecule has 0 aliphatic heterocycles. The van der Waals surface area contributed by atoms with Crippen molar-refractivity contribution in [3.05, 3.63) is 23.3 Å². The summed E-state index contributed by atoms with van der Waals surface area (Å²) >= 11 is 0. The summed E-state index contributed by atoms with van der Waals surface area (Å²) in [6.45, 7) is 18.7. The molecule has 0 saturated heterocycles. The molecule has 11 N–H and O–H groups in total. The molecule has 0 radical (unpaired) electrons. The van der Waals surface area contributed by atoms with Crippen LogP contribution in [0, 0.1) is 63.1 Å². The fourth-order valence-electron chi connectivity index (χ4n) is 16.6. The lowest BCUT2D eigenvalue weighted by atomic mass is 9.45. The van der Waals surface area contributed by atoms with Gasteiger partial charge in [-0.15, -0.1) is 0 Å². The number of ketones is 2. The molecular formula is C54H88O13. The van der Waals surface area contributed by atoms with Crippen LogP contribution >= 0.6 is 0 Å². The van der Waals surface area contributed by atoms with Gasteiger partial charge < -0.3 is 56.2 Å². The number of hydrogen-bond acceptors (Lipinski definition) is 13. The Hall–Kier alpha value is -1.62. The minimum Gasteiger partial charge on any atom is -0.393 e.